The van der Waals surface area contributed by atoms with Gasteiger partial charge in [-0.2, -0.15) is 0 Å². The molecule has 34 heavy (non-hydrogen) atoms. The Morgan fingerprint density at radius 1 is 1.06 bits per heavy atom. The van der Waals surface area contributed by atoms with Crippen LogP contribution >= 0.6 is 0 Å². The van der Waals surface area contributed by atoms with Gasteiger partial charge in [0.05, 0.1) is 17.9 Å². The van der Waals surface area contributed by atoms with Gasteiger partial charge in [0.2, 0.25) is 0 Å². The Labute approximate surface area is 199 Å². The Hall–Kier alpha value is -3.69. The molecule has 3 rings (SSSR count). The highest BCUT2D eigenvalue weighted by Gasteiger charge is 2.25. The first kappa shape index (κ1) is 24.9. The molecule has 10 heteroatoms. The van der Waals surface area contributed by atoms with Crippen LogP contribution in [0.3, 0.4) is 0 Å². The van der Waals surface area contributed by atoms with E-state index in [-0.39, 0.29) is 29.8 Å². The number of esters is 1. The number of ether oxygens (including phenoxy) is 1. The highest BCUT2D eigenvalue weighted by molar-refractivity contribution is 5.98. The van der Waals surface area contributed by atoms with Crippen molar-refractivity contribution in [2.45, 2.75) is 39.8 Å². The van der Waals surface area contributed by atoms with E-state index in [9.17, 15) is 14.4 Å². The number of aromatic nitrogens is 2. The van der Waals surface area contributed by atoms with Gasteiger partial charge in [-0.3, -0.25) is 14.6 Å². The molecule has 1 atom stereocenters. The normalized spacial score (nSPS) is 14.5. The fraction of sp³-hybridized carbons (Fsp3) is 0.458. The first-order valence-electron chi connectivity index (χ1n) is 11.5. The molecule has 10 nitrogen and oxygen atoms in total. The minimum absolute atomic E-state index is 0.187. The van der Waals surface area contributed by atoms with Crippen LogP contribution in [0.25, 0.3) is 0 Å². The van der Waals surface area contributed by atoms with Gasteiger partial charge in [0, 0.05) is 44.6 Å². The van der Waals surface area contributed by atoms with E-state index in [2.05, 4.69) is 39.3 Å². The lowest BCUT2D eigenvalue weighted by atomic mass is 10.2. The molecule has 0 spiro atoms. The van der Waals surface area contributed by atoms with Crippen LogP contribution in [-0.2, 0) is 9.53 Å². The third-order valence-electron chi connectivity index (χ3n) is 5.33. The number of hydrogen-bond donors (Lipinski definition) is 2. The average Bonchev–Trinajstić information content (AvgIpc) is 2.84. The van der Waals surface area contributed by atoms with Crippen LogP contribution < -0.4 is 15.5 Å². The van der Waals surface area contributed by atoms with Gasteiger partial charge in [-0.15, -0.1) is 0 Å². The van der Waals surface area contributed by atoms with Gasteiger partial charge < -0.3 is 25.2 Å². The predicted molar refractivity (Wildman–Crippen MR) is 129 cm³/mol. The SMILES string of the molecule is CCOC(=O)[C@H](C)NC(=O)c1ccc(C(=O)N2CCN(c3ncccc3NC(C)C)CC2)nc1. The lowest BCUT2D eigenvalue weighted by molar-refractivity contribution is -0.144. The van der Waals surface area contributed by atoms with E-state index >= 15 is 0 Å². The maximum atomic E-state index is 12.9. The molecule has 0 radical (unpaired) electrons. The van der Waals surface area contributed by atoms with Gasteiger partial charge in [0.25, 0.3) is 11.8 Å². The molecule has 0 saturated carbocycles. The number of piperazine rings is 1. The Balaban J connectivity index is 1.57. The van der Waals surface area contributed by atoms with Crippen molar-refractivity contribution in [1.82, 2.24) is 20.2 Å². The van der Waals surface area contributed by atoms with E-state index in [0.29, 0.717) is 26.2 Å². The topological polar surface area (TPSA) is 117 Å². The summed E-state index contributed by atoms with van der Waals surface area (Å²) in [5.74, 6) is -0.267. The molecular weight excluding hydrogens is 436 g/mol. The highest BCUT2D eigenvalue weighted by atomic mass is 16.5. The summed E-state index contributed by atoms with van der Waals surface area (Å²) in [5.41, 5.74) is 1.51. The number of carbonyl (C=O) groups excluding carboxylic acids is 3. The Morgan fingerprint density at radius 2 is 1.79 bits per heavy atom. The fourth-order valence-corrected chi connectivity index (χ4v) is 3.62. The van der Waals surface area contributed by atoms with E-state index in [1.807, 2.05) is 12.1 Å². The van der Waals surface area contributed by atoms with E-state index in [0.717, 1.165) is 11.5 Å². The van der Waals surface area contributed by atoms with Crippen molar-refractivity contribution in [3.8, 4) is 0 Å². The first-order chi connectivity index (χ1) is 16.3. The molecule has 1 aliphatic heterocycles. The van der Waals surface area contributed by atoms with Gasteiger partial charge in [0.15, 0.2) is 5.82 Å². The van der Waals surface area contributed by atoms with Crippen molar-refractivity contribution in [3.05, 3.63) is 47.9 Å². The molecule has 1 saturated heterocycles. The van der Waals surface area contributed by atoms with E-state index < -0.39 is 17.9 Å². The number of amides is 2. The summed E-state index contributed by atoms with van der Waals surface area (Å²) in [6.07, 6.45) is 3.11. The first-order valence-corrected chi connectivity index (χ1v) is 11.5. The van der Waals surface area contributed by atoms with Crippen LogP contribution in [0, 0.1) is 0 Å². The molecule has 0 bridgehead atoms. The standard InChI is InChI=1S/C24H32N6O4/c1-5-34-24(33)17(4)28-22(31)18-8-9-20(26-15-18)23(32)30-13-11-29(12-14-30)21-19(27-16(2)3)7-6-10-25-21/h6-10,15-17,27H,5,11-14H2,1-4H3,(H,28,31)/t17-/m0/s1. The van der Waals surface area contributed by atoms with Crippen molar-refractivity contribution in [3.63, 3.8) is 0 Å². The quantitative estimate of drug-likeness (QED) is 0.565. The maximum Gasteiger partial charge on any atom is 0.328 e. The molecule has 0 aliphatic carbocycles. The minimum atomic E-state index is -0.777. The molecular formula is C24H32N6O4. The van der Waals surface area contributed by atoms with Crippen molar-refractivity contribution in [2.75, 3.05) is 43.0 Å². The summed E-state index contributed by atoms with van der Waals surface area (Å²) < 4.78 is 4.89. The number of nitrogens with one attached hydrogen (secondary N) is 2. The molecule has 0 aromatic carbocycles. The molecule has 2 aromatic rings. The molecule has 0 unspecified atom stereocenters. The van der Waals surface area contributed by atoms with Crippen molar-refractivity contribution < 1.29 is 19.1 Å². The van der Waals surface area contributed by atoms with Gasteiger partial charge in [0.1, 0.15) is 11.7 Å². The Kier molecular flexibility index (Phi) is 8.39. The number of rotatable bonds is 8. The molecule has 2 N–H and O–H groups in total. The van der Waals surface area contributed by atoms with Crippen LogP contribution in [0.5, 0.6) is 0 Å². The second kappa shape index (κ2) is 11.4. The Morgan fingerprint density at radius 3 is 2.41 bits per heavy atom. The van der Waals surface area contributed by atoms with Crippen LogP contribution in [0.4, 0.5) is 11.5 Å². The zero-order valence-corrected chi connectivity index (χ0v) is 20.1. The van der Waals surface area contributed by atoms with Crippen LogP contribution in [0.1, 0.15) is 48.5 Å². The van der Waals surface area contributed by atoms with Crippen molar-refractivity contribution >= 4 is 29.3 Å². The summed E-state index contributed by atoms with van der Waals surface area (Å²) in [6.45, 7) is 10.0. The Bertz CT molecular complexity index is 1000. The molecule has 3 heterocycles. The van der Waals surface area contributed by atoms with Gasteiger partial charge in [-0.05, 0) is 52.0 Å². The van der Waals surface area contributed by atoms with Crippen molar-refractivity contribution in [1.29, 1.82) is 0 Å². The number of hydrogen-bond acceptors (Lipinski definition) is 8. The molecule has 182 valence electrons. The largest absolute Gasteiger partial charge is 0.464 e. The number of pyridine rings is 2. The average molecular weight is 469 g/mol. The number of carbonyl (C=O) groups is 3. The molecule has 2 amide bonds. The lowest BCUT2D eigenvalue weighted by Crippen LogP contribution is -2.49. The van der Waals surface area contributed by atoms with Gasteiger partial charge in [-0.1, -0.05) is 0 Å². The molecule has 2 aromatic heterocycles. The summed E-state index contributed by atoms with van der Waals surface area (Å²) >= 11 is 0. The summed E-state index contributed by atoms with van der Waals surface area (Å²) in [5, 5.41) is 5.98. The smallest absolute Gasteiger partial charge is 0.328 e. The highest BCUT2D eigenvalue weighted by Crippen LogP contribution is 2.24. The third kappa shape index (κ3) is 6.21. The van der Waals surface area contributed by atoms with Gasteiger partial charge in [-0.25, -0.2) is 9.78 Å². The lowest BCUT2D eigenvalue weighted by Gasteiger charge is -2.36. The van der Waals surface area contributed by atoms with Crippen LogP contribution in [-0.4, -0.2) is 77.5 Å². The number of nitrogens with zero attached hydrogens (tertiary/aromatic N) is 4. The van der Waals surface area contributed by atoms with Gasteiger partial charge >= 0.3 is 5.97 Å². The zero-order valence-electron chi connectivity index (χ0n) is 20.1. The minimum Gasteiger partial charge on any atom is -0.464 e. The monoisotopic (exact) mass is 468 g/mol. The summed E-state index contributed by atoms with van der Waals surface area (Å²) in [7, 11) is 0. The van der Waals surface area contributed by atoms with Crippen LogP contribution in [0.2, 0.25) is 0 Å². The second-order valence-electron chi connectivity index (χ2n) is 8.33. The predicted octanol–water partition coefficient (Wildman–Crippen LogP) is 1.94. The number of anilines is 2. The van der Waals surface area contributed by atoms with E-state index in [1.165, 1.54) is 18.3 Å². The second-order valence-corrected chi connectivity index (χ2v) is 8.33. The zero-order chi connectivity index (χ0) is 24.7. The van der Waals surface area contributed by atoms with Crippen LogP contribution in [0.15, 0.2) is 36.7 Å². The summed E-state index contributed by atoms with van der Waals surface area (Å²) in [4.78, 5) is 49.6. The van der Waals surface area contributed by atoms with E-state index in [1.54, 1.807) is 24.9 Å². The van der Waals surface area contributed by atoms with Crippen molar-refractivity contribution in [2.24, 2.45) is 0 Å². The molecule has 1 aliphatic rings. The fourth-order valence-electron chi connectivity index (χ4n) is 3.62. The van der Waals surface area contributed by atoms with E-state index in [4.69, 9.17) is 4.74 Å². The molecule has 1 fully saturated rings. The summed E-state index contributed by atoms with van der Waals surface area (Å²) in [6, 6.07) is 6.48. The third-order valence-corrected chi connectivity index (χ3v) is 5.33. The maximum absolute atomic E-state index is 12.9.